The Kier molecular flexibility index (Phi) is 7.79. The molecule has 2 saturated heterocycles. The van der Waals surface area contributed by atoms with Crippen LogP contribution in [-0.4, -0.2) is 47.8 Å². The van der Waals surface area contributed by atoms with Crippen LogP contribution in [0.4, 0.5) is 9.18 Å². The van der Waals surface area contributed by atoms with E-state index in [4.69, 9.17) is 10.00 Å². The molecule has 0 atom stereocenters. The van der Waals surface area contributed by atoms with E-state index in [0.717, 1.165) is 45.2 Å². The predicted molar refractivity (Wildman–Crippen MR) is 98.5 cm³/mol. The number of likely N-dealkylation sites (tertiary alicyclic amines) is 1. The van der Waals surface area contributed by atoms with Crippen LogP contribution in [0.15, 0.2) is 18.3 Å². The molecule has 0 aliphatic carbocycles. The zero-order valence-electron chi connectivity index (χ0n) is 15.4. The number of piperidine rings is 1. The molecule has 0 unspecified atom stereocenters. The molecule has 1 N–H and O–H groups in total. The monoisotopic (exact) mass is 384 g/mol. The van der Waals surface area contributed by atoms with Gasteiger partial charge in [-0.3, -0.25) is 0 Å². The van der Waals surface area contributed by atoms with Crippen LogP contribution in [0, 0.1) is 22.6 Å². The van der Waals surface area contributed by atoms with Crippen LogP contribution in [0.1, 0.15) is 39.3 Å². The molecule has 144 valence electrons. The molecule has 2 aliphatic rings. The molecular weight excluding hydrogens is 359 g/mol. The summed E-state index contributed by atoms with van der Waals surface area (Å²) in [4.78, 5) is 17.1. The van der Waals surface area contributed by atoms with Crippen molar-refractivity contribution >= 4 is 18.5 Å². The maximum atomic E-state index is 12.1. The van der Waals surface area contributed by atoms with Gasteiger partial charge in [-0.2, -0.15) is 5.26 Å². The summed E-state index contributed by atoms with van der Waals surface area (Å²) < 4.78 is 17.4. The van der Waals surface area contributed by atoms with Crippen LogP contribution >= 0.6 is 12.4 Å². The fraction of sp³-hybridized carbons (Fsp3) is 0.611. The predicted octanol–water partition coefficient (Wildman–Crippen LogP) is 3.12. The largest absolute Gasteiger partial charge is 0.444 e. The van der Waals surface area contributed by atoms with Gasteiger partial charge in [0, 0.05) is 26.2 Å². The second-order valence-electron chi connectivity index (χ2n) is 7.54. The van der Waals surface area contributed by atoms with Gasteiger partial charge in [0.15, 0.2) is 0 Å². The lowest BCUT2D eigenvalue weighted by atomic mass is 9.73. The van der Waals surface area contributed by atoms with Gasteiger partial charge in [0.25, 0.3) is 0 Å². The van der Waals surface area contributed by atoms with Gasteiger partial charge in [0.05, 0.1) is 6.20 Å². The van der Waals surface area contributed by atoms with E-state index in [-0.39, 0.29) is 29.8 Å². The fourth-order valence-electron chi connectivity index (χ4n) is 2.76. The molecule has 0 saturated carbocycles. The van der Waals surface area contributed by atoms with Crippen LogP contribution in [0.5, 0.6) is 0 Å². The van der Waals surface area contributed by atoms with E-state index in [9.17, 15) is 9.18 Å². The van der Waals surface area contributed by atoms with Gasteiger partial charge in [0.1, 0.15) is 23.2 Å². The van der Waals surface area contributed by atoms with E-state index in [2.05, 4.69) is 10.3 Å². The number of carbonyl (C=O) groups is 1. The number of amides is 1. The molecule has 26 heavy (non-hydrogen) atoms. The first-order valence-electron chi connectivity index (χ1n) is 8.43. The van der Waals surface area contributed by atoms with E-state index < -0.39 is 5.82 Å². The number of nitrogens with zero attached hydrogens (tertiary/aromatic N) is 3. The van der Waals surface area contributed by atoms with Crippen molar-refractivity contribution < 1.29 is 13.9 Å². The van der Waals surface area contributed by atoms with Crippen molar-refractivity contribution in [1.29, 1.82) is 5.26 Å². The van der Waals surface area contributed by atoms with Crippen molar-refractivity contribution in [3.05, 3.63) is 29.8 Å². The quantitative estimate of drug-likeness (QED) is 0.743. The van der Waals surface area contributed by atoms with Gasteiger partial charge >= 0.3 is 6.09 Å². The molecule has 0 aromatic carbocycles. The van der Waals surface area contributed by atoms with Crippen LogP contribution in [0.2, 0.25) is 0 Å². The third kappa shape index (κ3) is 6.43. The zero-order valence-corrected chi connectivity index (χ0v) is 16.2. The number of ether oxygens (including phenoxy) is 1. The first-order chi connectivity index (χ1) is 11.7. The molecule has 3 heterocycles. The second-order valence-corrected chi connectivity index (χ2v) is 7.54. The molecule has 1 aromatic rings. The van der Waals surface area contributed by atoms with Gasteiger partial charge in [0.2, 0.25) is 0 Å². The average molecular weight is 385 g/mol. The molecule has 1 amide bonds. The highest BCUT2D eigenvalue weighted by Crippen LogP contribution is 2.35. The third-order valence-corrected chi connectivity index (χ3v) is 4.32. The summed E-state index contributed by atoms with van der Waals surface area (Å²) in [6.07, 6.45) is 3.08. The summed E-state index contributed by atoms with van der Waals surface area (Å²) in [6, 6.07) is 4.31. The normalized spacial score (nSPS) is 17.7. The zero-order chi connectivity index (χ0) is 18.5. The summed E-state index contributed by atoms with van der Waals surface area (Å²) in [5.41, 5.74) is 0.333. The molecule has 3 rings (SSSR count). The maximum Gasteiger partial charge on any atom is 0.410 e. The first kappa shape index (κ1) is 22.1. The lowest BCUT2D eigenvalue weighted by Crippen LogP contribution is -2.59. The van der Waals surface area contributed by atoms with Crippen molar-refractivity contribution in [2.75, 3.05) is 26.2 Å². The van der Waals surface area contributed by atoms with Crippen molar-refractivity contribution in [2.45, 2.75) is 39.2 Å². The summed E-state index contributed by atoms with van der Waals surface area (Å²) in [7, 11) is 0. The minimum Gasteiger partial charge on any atom is -0.444 e. The number of rotatable bonds is 0. The number of carbonyl (C=O) groups excluding carboxylic acids is 1. The highest BCUT2D eigenvalue weighted by molar-refractivity contribution is 5.85. The van der Waals surface area contributed by atoms with E-state index in [1.807, 2.05) is 25.7 Å². The molecular formula is C18H26ClFN4O2. The Labute approximate surface area is 160 Å². The molecule has 2 aliphatic heterocycles. The van der Waals surface area contributed by atoms with Crippen LogP contribution in [-0.2, 0) is 4.74 Å². The third-order valence-electron chi connectivity index (χ3n) is 4.32. The van der Waals surface area contributed by atoms with Crippen LogP contribution in [0.3, 0.4) is 0 Å². The van der Waals surface area contributed by atoms with E-state index in [1.54, 1.807) is 6.07 Å². The van der Waals surface area contributed by atoms with E-state index in [1.165, 1.54) is 12.1 Å². The lowest BCUT2D eigenvalue weighted by Gasteiger charge is -2.48. The average Bonchev–Trinajstić information content (AvgIpc) is 2.53. The molecule has 0 bridgehead atoms. The SMILES string of the molecule is CC(C)(C)OC(=O)N1CCC2(CC1)CNC2.Cl.N#Cc1ccc(F)cn1. The molecule has 1 aromatic heterocycles. The van der Waals surface area contributed by atoms with Gasteiger partial charge < -0.3 is 15.0 Å². The molecule has 1 spiro atoms. The molecule has 6 nitrogen and oxygen atoms in total. The minimum absolute atomic E-state index is 0. The number of pyridine rings is 1. The Morgan fingerprint density at radius 2 is 1.96 bits per heavy atom. The Hall–Kier alpha value is -1.91. The van der Waals surface area contributed by atoms with Gasteiger partial charge in [-0.05, 0) is 51.2 Å². The van der Waals surface area contributed by atoms with Crippen molar-refractivity contribution in [2.24, 2.45) is 5.41 Å². The second kappa shape index (κ2) is 9.15. The first-order valence-corrected chi connectivity index (χ1v) is 8.43. The number of halogens is 2. The topological polar surface area (TPSA) is 78.2 Å². The highest BCUT2D eigenvalue weighted by Gasteiger charge is 2.41. The van der Waals surface area contributed by atoms with Crippen molar-refractivity contribution in [1.82, 2.24) is 15.2 Å². The standard InChI is InChI=1S/C12H22N2O2.C6H3FN2.ClH/c1-11(2,3)16-10(15)14-6-4-12(5-7-14)8-13-9-12;7-5-1-2-6(3-8)9-4-5;/h13H,4-9H2,1-3H3;1-2,4H;1H. The lowest BCUT2D eigenvalue weighted by molar-refractivity contribution is 0.00150. The Balaban J connectivity index is 0.000000290. The summed E-state index contributed by atoms with van der Waals surface area (Å²) in [5, 5.41) is 11.5. The summed E-state index contributed by atoms with van der Waals surface area (Å²) >= 11 is 0. The summed E-state index contributed by atoms with van der Waals surface area (Å²) in [6.45, 7) is 9.65. The van der Waals surface area contributed by atoms with Crippen molar-refractivity contribution in [3.8, 4) is 6.07 Å². The van der Waals surface area contributed by atoms with Gasteiger partial charge in [-0.1, -0.05) is 0 Å². The maximum absolute atomic E-state index is 12.1. The fourth-order valence-corrected chi connectivity index (χ4v) is 2.76. The minimum atomic E-state index is -0.422. The Bertz CT molecular complexity index is 626. The summed E-state index contributed by atoms with van der Waals surface area (Å²) in [5.74, 6) is -0.422. The van der Waals surface area contributed by atoms with E-state index >= 15 is 0 Å². The molecule has 8 heteroatoms. The number of nitrogens with one attached hydrogen (secondary N) is 1. The van der Waals surface area contributed by atoms with Crippen molar-refractivity contribution in [3.63, 3.8) is 0 Å². The number of aromatic nitrogens is 1. The smallest absolute Gasteiger partial charge is 0.410 e. The molecule has 2 fully saturated rings. The Morgan fingerprint density at radius 1 is 1.35 bits per heavy atom. The van der Waals surface area contributed by atoms with Crippen LogP contribution < -0.4 is 5.32 Å². The van der Waals surface area contributed by atoms with Crippen LogP contribution in [0.25, 0.3) is 0 Å². The number of hydrogen-bond donors (Lipinski definition) is 1. The Morgan fingerprint density at radius 3 is 2.35 bits per heavy atom. The van der Waals surface area contributed by atoms with Gasteiger partial charge in [-0.15, -0.1) is 12.4 Å². The molecule has 0 radical (unpaired) electrons. The van der Waals surface area contributed by atoms with E-state index in [0.29, 0.717) is 5.41 Å². The number of hydrogen-bond acceptors (Lipinski definition) is 5. The number of nitriles is 1. The van der Waals surface area contributed by atoms with Gasteiger partial charge in [-0.25, -0.2) is 14.2 Å². The highest BCUT2D eigenvalue weighted by atomic mass is 35.5.